The Morgan fingerprint density at radius 1 is 1.10 bits per heavy atom. The SMILES string of the molecule is Cc1cccc(NC(=O)C[NH+](C)CC(=O)N(C)[C@@H]2CCCc3ccccc32)c1C. The van der Waals surface area contributed by atoms with E-state index in [9.17, 15) is 9.59 Å². The lowest BCUT2D eigenvalue weighted by Crippen LogP contribution is -3.11. The number of nitrogens with zero attached hydrogens (tertiary/aromatic N) is 1. The van der Waals surface area contributed by atoms with Crippen LogP contribution in [0, 0.1) is 13.8 Å². The molecule has 2 N–H and O–H groups in total. The van der Waals surface area contributed by atoms with Crippen molar-refractivity contribution >= 4 is 17.5 Å². The fourth-order valence-corrected chi connectivity index (χ4v) is 4.10. The highest BCUT2D eigenvalue weighted by Crippen LogP contribution is 2.33. The summed E-state index contributed by atoms with van der Waals surface area (Å²) in [6.07, 6.45) is 3.17. The van der Waals surface area contributed by atoms with Crippen molar-refractivity contribution in [3.05, 3.63) is 64.7 Å². The molecule has 1 aliphatic carbocycles. The van der Waals surface area contributed by atoms with Gasteiger partial charge in [0, 0.05) is 12.7 Å². The monoisotopic (exact) mass is 394 g/mol. The van der Waals surface area contributed by atoms with Gasteiger partial charge in [0.15, 0.2) is 13.1 Å². The molecule has 3 rings (SSSR count). The van der Waals surface area contributed by atoms with Crippen LogP contribution in [0.3, 0.4) is 0 Å². The lowest BCUT2D eigenvalue weighted by molar-refractivity contribution is -0.862. The second-order valence-electron chi connectivity index (χ2n) is 8.22. The van der Waals surface area contributed by atoms with Crippen LogP contribution in [0.1, 0.15) is 41.1 Å². The maximum Gasteiger partial charge on any atom is 0.279 e. The summed E-state index contributed by atoms with van der Waals surface area (Å²) in [5.41, 5.74) is 5.67. The summed E-state index contributed by atoms with van der Waals surface area (Å²) >= 11 is 0. The van der Waals surface area contributed by atoms with E-state index >= 15 is 0 Å². The fourth-order valence-electron chi connectivity index (χ4n) is 4.10. The number of aryl methyl sites for hydroxylation is 2. The van der Waals surface area contributed by atoms with Crippen molar-refractivity contribution in [2.24, 2.45) is 0 Å². The van der Waals surface area contributed by atoms with E-state index in [0.29, 0.717) is 6.54 Å². The first kappa shape index (κ1) is 21.1. The molecule has 0 heterocycles. The van der Waals surface area contributed by atoms with Gasteiger partial charge in [-0.05, 0) is 61.4 Å². The van der Waals surface area contributed by atoms with Crippen molar-refractivity contribution in [3.63, 3.8) is 0 Å². The second-order valence-corrected chi connectivity index (χ2v) is 8.22. The van der Waals surface area contributed by atoms with E-state index in [0.717, 1.165) is 41.0 Å². The molecule has 1 aliphatic rings. The van der Waals surface area contributed by atoms with Gasteiger partial charge >= 0.3 is 0 Å². The summed E-state index contributed by atoms with van der Waals surface area (Å²) in [7, 11) is 3.78. The first-order valence-corrected chi connectivity index (χ1v) is 10.4. The van der Waals surface area contributed by atoms with E-state index in [4.69, 9.17) is 0 Å². The number of rotatable bonds is 6. The summed E-state index contributed by atoms with van der Waals surface area (Å²) in [5.74, 6) is -0.00148. The number of benzene rings is 2. The van der Waals surface area contributed by atoms with Crippen molar-refractivity contribution in [1.82, 2.24) is 4.90 Å². The molecular formula is C24H32N3O2+. The minimum atomic E-state index is -0.0744. The highest BCUT2D eigenvalue weighted by atomic mass is 16.2. The van der Waals surface area contributed by atoms with Crippen molar-refractivity contribution in [3.8, 4) is 0 Å². The Kier molecular flexibility index (Phi) is 6.70. The summed E-state index contributed by atoms with van der Waals surface area (Å²) in [4.78, 5) is 28.1. The lowest BCUT2D eigenvalue weighted by atomic mass is 9.87. The number of hydrogen-bond donors (Lipinski definition) is 2. The van der Waals surface area contributed by atoms with Crippen LogP contribution < -0.4 is 10.2 Å². The maximum absolute atomic E-state index is 12.9. The highest BCUT2D eigenvalue weighted by Gasteiger charge is 2.28. The van der Waals surface area contributed by atoms with Crippen LogP contribution in [0.25, 0.3) is 0 Å². The molecule has 154 valence electrons. The highest BCUT2D eigenvalue weighted by molar-refractivity contribution is 5.92. The quantitative estimate of drug-likeness (QED) is 0.790. The van der Waals surface area contributed by atoms with Gasteiger partial charge in [-0.2, -0.15) is 0 Å². The van der Waals surface area contributed by atoms with Crippen LogP contribution >= 0.6 is 0 Å². The third-order valence-electron chi connectivity index (χ3n) is 5.99. The minimum absolute atomic E-state index is 0.0729. The lowest BCUT2D eigenvalue weighted by Gasteiger charge is -2.33. The minimum Gasteiger partial charge on any atom is -0.334 e. The molecule has 2 atom stereocenters. The van der Waals surface area contributed by atoms with Gasteiger partial charge in [0.25, 0.3) is 11.8 Å². The number of fused-ring (bicyclic) bond motifs is 1. The van der Waals surface area contributed by atoms with Gasteiger partial charge in [-0.25, -0.2) is 0 Å². The number of anilines is 1. The van der Waals surface area contributed by atoms with Crippen molar-refractivity contribution < 1.29 is 14.5 Å². The van der Waals surface area contributed by atoms with Crippen LogP contribution in [0.5, 0.6) is 0 Å². The molecular weight excluding hydrogens is 362 g/mol. The third kappa shape index (κ3) is 5.04. The zero-order valence-corrected chi connectivity index (χ0v) is 17.9. The molecule has 2 aromatic rings. The first-order chi connectivity index (χ1) is 13.9. The smallest absolute Gasteiger partial charge is 0.279 e. The molecule has 1 unspecified atom stereocenters. The number of carbonyl (C=O) groups excluding carboxylic acids is 2. The zero-order chi connectivity index (χ0) is 21.0. The Bertz CT molecular complexity index is 893. The summed E-state index contributed by atoms with van der Waals surface area (Å²) < 4.78 is 0. The fraction of sp³-hybridized carbons (Fsp3) is 0.417. The van der Waals surface area contributed by atoms with Gasteiger partial charge < -0.3 is 15.1 Å². The Morgan fingerprint density at radius 2 is 1.86 bits per heavy atom. The van der Waals surface area contributed by atoms with Crippen molar-refractivity contribution in [2.45, 2.75) is 39.2 Å². The molecule has 2 amide bonds. The van der Waals surface area contributed by atoms with E-state index in [-0.39, 0.29) is 24.4 Å². The van der Waals surface area contributed by atoms with Crippen molar-refractivity contribution in [2.75, 3.05) is 32.5 Å². The third-order valence-corrected chi connectivity index (χ3v) is 5.99. The van der Waals surface area contributed by atoms with E-state index in [1.165, 1.54) is 11.1 Å². The van der Waals surface area contributed by atoms with E-state index < -0.39 is 0 Å². The first-order valence-electron chi connectivity index (χ1n) is 10.4. The van der Waals surface area contributed by atoms with Gasteiger partial charge in [0.1, 0.15) is 0 Å². The average molecular weight is 395 g/mol. The normalized spacial score (nSPS) is 16.6. The molecule has 0 aromatic heterocycles. The van der Waals surface area contributed by atoms with E-state index in [1.807, 2.05) is 57.1 Å². The number of nitrogens with one attached hydrogen (secondary N) is 2. The number of carbonyl (C=O) groups is 2. The molecule has 0 spiro atoms. The number of quaternary nitrogens is 1. The summed E-state index contributed by atoms with van der Waals surface area (Å²) in [5, 5.41) is 2.98. The Morgan fingerprint density at radius 3 is 2.66 bits per heavy atom. The standard InChI is InChI=1S/C24H31N3O2/c1-17-9-7-13-21(18(17)2)25-23(28)15-26(3)16-24(29)27(4)22-14-8-11-19-10-5-6-12-20(19)22/h5-7,9-10,12-13,22H,8,11,14-16H2,1-4H3,(H,25,28)/p+1/t22-/m1/s1. The molecule has 0 saturated heterocycles. The summed E-state index contributed by atoms with van der Waals surface area (Å²) in [6, 6.07) is 14.4. The zero-order valence-electron chi connectivity index (χ0n) is 17.9. The Balaban J connectivity index is 1.56. The molecule has 5 heteroatoms. The largest absolute Gasteiger partial charge is 0.334 e. The maximum atomic E-state index is 12.9. The predicted molar refractivity (Wildman–Crippen MR) is 116 cm³/mol. The molecule has 5 nitrogen and oxygen atoms in total. The number of likely N-dealkylation sites (N-methyl/N-ethyl adjacent to an activating group) is 2. The van der Waals surface area contributed by atoms with Gasteiger partial charge in [0.05, 0.1) is 13.1 Å². The van der Waals surface area contributed by atoms with Crippen LogP contribution in [0.15, 0.2) is 42.5 Å². The average Bonchev–Trinajstić information content (AvgIpc) is 2.70. The number of amides is 2. The van der Waals surface area contributed by atoms with Crippen molar-refractivity contribution in [1.29, 1.82) is 0 Å². The Labute approximate surface area is 173 Å². The van der Waals surface area contributed by atoms with Gasteiger partial charge in [0.2, 0.25) is 0 Å². The predicted octanol–water partition coefficient (Wildman–Crippen LogP) is 2.29. The molecule has 2 aromatic carbocycles. The molecule has 0 saturated carbocycles. The molecule has 0 aliphatic heterocycles. The van der Waals surface area contributed by atoms with Gasteiger partial charge in [-0.15, -0.1) is 0 Å². The van der Waals surface area contributed by atoms with Crippen LogP contribution in [-0.4, -0.2) is 43.9 Å². The molecule has 29 heavy (non-hydrogen) atoms. The van der Waals surface area contributed by atoms with E-state index in [1.54, 1.807) is 0 Å². The van der Waals surface area contributed by atoms with Gasteiger partial charge in [-0.3, -0.25) is 9.59 Å². The molecule has 0 fully saturated rings. The summed E-state index contributed by atoms with van der Waals surface area (Å²) in [6.45, 7) is 4.59. The molecule has 0 radical (unpaired) electrons. The second kappa shape index (κ2) is 9.23. The van der Waals surface area contributed by atoms with Crippen LogP contribution in [-0.2, 0) is 16.0 Å². The van der Waals surface area contributed by atoms with Gasteiger partial charge in [-0.1, -0.05) is 36.4 Å². The van der Waals surface area contributed by atoms with E-state index in [2.05, 4.69) is 23.5 Å². The Hall–Kier alpha value is -2.66. The van der Waals surface area contributed by atoms with Crippen LogP contribution in [0.2, 0.25) is 0 Å². The topological polar surface area (TPSA) is 53.9 Å². The molecule has 0 bridgehead atoms. The number of hydrogen-bond acceptors (Lipinski definition) is 2. The van der Waals surface area contributed by atoms with Crippen LogP contribution in [0.4, 0.5) is 5.69 Å².